The molecule has 1 N–H and O–H groups in total. The molecule has 0 saturated heterocycles. The number of benzene rings is 3. The molecule has 0 aliphatic carbocycles. The SMILES string of the molecule is CCCC[Si](C)(C)OS(=O)(=O)C(F)(F)F.CCCC[Si](C)(C)Oc1ccc(C=O)cc1OC.CCCC[Si](C)(C)c1ccc(OC)cc1.COc1cc(C=O)ccc1O.C[Si](C)(C)Cl. The van der Waals surface area contributed by atoms with E-state index in [0.29, 0.717) is 41.4 Å². The molecule has 64 heavy (non-hydrogen) atoms. The highest BCUT2D eigenvalue weighted by Gasteiger charge is 2.50. The van der Waals surface area contributed by atoms with E-state index < -0.39 is 47.7 Å². The molecule has 366 valence electrons. The van der Waals surface area contributed by atoms with Gasteiger partial charge >= 0.3 is 15.6 Å². The maximum absolute atomic E-state index is 12.0. The van der Waals surface area contributed by atoms with Crippen LogP contribution in [0.3, 0.4) is 0 Å². The molecule has 10 nitrogen and oxygen atoms in total. The Morgan fingerprint density at radius 3 is 1.45 bits per heavy atom. The van der Waals surface area contributed by atoms with Crippen molar-refractivity contribution in [2.75, 3.05) is 21.3 Å². The van der Waals surface area contributed by atoms with E-state index in [-0.39, 0.29) is 5.75 Å². The molecule has 19 heteroatoms. The number of phenols is 1. The molecule has 0 radical (unpaired) electrons. The predicted octanol–water partition coefficient (Wildman–Crippen LogP) is 13.4. The summed E-state index contributed by atoms with van der Waals surface area (Å²) in [6.07, 6.45) is 8.00. The fourth-order valence-corrected chi connectivity index (χ4v) is 14.3. The lowest BCUT2D eigenvalue weighted by atomic mass is 10.2. The van der Waals surface area contributed by atoms with Crippen molar-refractivity contribution in [2.24, 2.45) is 0 Å². The second-order valence-electron chi connectivity index (χ2n) is 17.7. The van der Waals surface area contributed by atoms with Crippen molar-refractivity contribution in [1.29, 1.82) is 0 Å². The van der Waals surface area contributed by atoms with Crippen molar-refractivity contribution < 1.29 is 58.8 Å². The summed E-state index contributed by atoms with van der Waals surface area (Å²) in [6.45, 7) is 24.8. The molecule has 0 fully saturated rings. The second-order valence-corrected chi connectivity index (χ2v) is 40.3. The summed E-state index contributed by atoms with van der Waals surface area (Å²) >= 11 is 5.67. The van der Waals surface area contributed by atoms with E-state index in [4.69, 9.17) is 34.8 Å². The molecule has 0 atom stereocenters. The number of aromatic hydroxyl groups is 1. The number of alkyl halides is 3. The van der Waals surface area contributed by atoms with Gasteiger partial charge in [-0.1, -0.05) is 115 Å². The number of phenolic OH excluding ortho intramolecular Hbond substituents is 1. The minimum Gasteiger partial charge on any atom is -0.542 e. The van der Waals surface area contributed by atoms with Crippen molar-refractivity contribution in [3.05, 3.63) is 71.8 Å². The first-order valence-electron chi connectivity index (χ1n) is 21.4. The van der Waals surface area contributed by atoms with Crippen LogP contribution in [0.2, 0.25) is 77.1 Å². The first kappa shape index (κ1) is 62.9. The Balaban J connectivity index is 0. The zero-order valence-electron chi connectivity index (χ0n) is 40.8. The number of hydrogen-bond donors (Lipinski definition) is 1. The lowest BCUT2D eigenvalue weighted by Gasteiger charge is -2.25. The fraction of sp³-hybridized carbons (Fsp3) is 0.556. The summed E-state index contributed by atoms with van der Waals surface area (Å²) in [7, 11) is -7.50. The molecule has 0 aliphatic heterocycles. The Morgan fingerprint density at radius 1 is 0.625 bits per heavy atom. The average Bonchev–Trinajstić information content (AvgIpc) is 3.21. The van der Waals surface area contributed by atoms with Gasteiger partial charge in [0.2, 0.25) is 16.6 Å². The number of carbonyl (C=O) groups excluding carboxylic acids is 2. The number of ether oxygens (including phenoxy) is 3. The highest BCUT2D eigenvalue weighted by atomic mass is 35.6. The topological polar surface area (TPSA) is 135 Å². The molecular weight excluding hydrogens is 937 g/mol. The lowest BCUT2D eigenvalue weighted by Crippen LogP contribution is -2.40. The number of halogens is 4. The van der Waals surface area contributed by atoms with E-state index in [1.807, 2.05) is 13.0 Å². The van der Waals surface area contributed by atoms with Crippen LogP contribution in [-0.2, 0) is 14.0 Å². The van der Waals surface area contributed by atoms with Gasteiger partial charge in [0.25, 0.3) is 0 Å². The Kier molecular flexibility index (Phi) is 29.7. The Labute approximate surface area is 391 Å². The molecule has 0 spiro atoms. The van der Waals surface area contributed by atoms with Crippen LogP contribution < -0.4 is 23.8 Å². The molecule has 0 heterocycles. The molecular formula is C45H76ClF3O10SSi4. The third-order valence-corrected chi connectivity index (χ3v) is 19.6. The zero-order valence-corrected chi connectivity index (χ0v) is 46.4. The maximum Gasteiger partial charge on any atom is 0.522 e. The van der Waals surface area contributed by atoms with Gasteiger partial charge in [-0.05, 0) is 86.8 Å². The minimum absolute atomic E-state index is 0.0399. The summed E-state index contributed by atoms with van der Waals surface area (Å²) in [5, 5.41) is 10.6. The van der Waals surface area contributed by atoms with Gasteiger partial charge in [-0.2, -0.15) is 32.7 Å². The molecule has 0 aliphatic rings. The number of unbranched alkanes of at least 4 members (excludes halogenated alkanes) is 3. The molecule has 0 amide bonds. The van der Waals surface area contributed by atoms with Crippen molar-refractivity contribution in [3.8, 4) is 28.7 Å². The lowest BCUT2D eigenvalue weighted by molar-refractivity contribution is -0.0503. The van der Waals surface area contributed by atoms with Crippen molar-refractivity contribution in [2.45, 2.75) is 142 Å². The normalized spacial score (nSPS) is 11.7. The molecule has 3 aromatic rings. The molecule has 0 saturated carbocycles. The molecule has 3 rings (SSSR count). The number of hydrogen-bond acceptors (Lipinski definition) is 10. The van der Waals surface area contributed by atoms with Gasteiger partial charge in [-0.15, -0.1) is 0 Å². The fourth-order valence-electron chi connectivity index (χ4n) is 5.35. The van der Waals surface area contributed by atoms with E-state index in [2.05, 4.69) is 87.8 Å². The second kappa shape index (κ2) is 30.2. The zero-order chi connectivity index (χ0) is 50.0. The largest absolute Gasteiger partial charge is 0.542 e. The molecule has 3 aromatic carbocycles. The van der Waals surface area contributed by atoms with E-state index in [1.54, 1.807) is 26.4 Å². The van der Waals surface area contributed by atoms with Gasteiger partial charge in [0, 0.05) is 11.1 Å². The molecule has 0 bridgehead atoms. The number of carbonyl (C=O) groups is 2. The average molecular weight is 1010 g/mol. The van der Waals surface area contributed by atoms with Crippen molar-refractivity contribution >= 4 is 71.0 Å². The van der Waals surface area contributed by atoms with Crippen LogP contribution in [0.1, 0.15) is 80.0 Å². The standard InChI is InChI=1S/C14H22O3Si.C13H22OSi.C8H8O3.C7H15F3O3SSi.C3H9ClSi/c1-5-6-9-18(3,4)17-13-8-7-12(11-15)10-14(13)16-2;1-5-6-11-15(3,4)13-9-7-12(14-2)8-10-13;1-11-8-4-6(5-9)2-3-7(8)10;1-4-5-6-15(2,3)13-14(11,12)7(8,9)10;1-5(2,3)4/h7-8,10-11H,5-6,9H2,1-4H3;7-10H,5-6,11H2,1-4H3;2-5,10H,1H3;4-6H2,1-3H3;1-3H3. The van der Waals surface area contributed by atoms with Crippen LogP contribution in [0.4, 0.5) is 13.2 Å². The van der Waals surface area contributed by atoms with Gasteiger partial charge in [0.05, 0.1) is 29.4 Å². The number of aldehydes is 2. The highest BCUT2D eigenvalue weighted by molar-refractivity contribution is 7.88. The van der Waals surface area contributed by atoms with Crippen LogP contribution in [0.15, 0.2) is 60.7 Å². The Morgan fingerprint density at radius 2 is 1.05 bits per heavy atom. The summed E-state index contributed by atoms with van der Waals surface area (Å²) in [5.74, 6) is 2.69. The Bertz CT molecular complexity index is 1890. The Hall–Kier alpha value is -3.14. The van der Waals surface area contributed by atoms with Gasteiger partial charge < -0.3 is 27.6 Å². The van der Waals surface area contributed by atoms with E-state index in [9.17, 15) is 31.2 Å². The maximum atomic E-state index is 12.0. The van der Waals surface area contributed by atoms with Crippen LogP contribution in [0.5, 0.6) is 28.7 Å². The summed E-state index contributed by atoms with van der Waals surface area (Å²) in [4.78, 5) is 21.0. The first-order valence-corrected chi connectivity index (χ1v) is 36.8. The summed E-state index contributed by atoms with van der Waals surface area (Å²) in [5.41, 5.74) is -4.23. The smallest absolute Gasteiger partial charge is 0.522 e. The first-order chi connectivity index (χ1) is 29.4. The van der Waals surface area contributed by atoms with Gasteiger partial charge in [0.15, 0.2) is 17.2 Å². The van der Waals surface area contributed by atoms with Crippen LogP contribution in [0.25, 0.3) is 0 Å². The van der Waals surface area contributed by atoms with Crippen LogP contribution in [0, 0.1) is 0 Å². The number of rotatable bonds is 19. The highest BCUT2D eigenvalue weighted by Crippen LogP contribution is 2.32. The number of methoxy groups -OCH3 is 3. The van der Waals surface area contributed by atoms with Gasteiger partial charge in [-0.3, -0.25) is 9.59 Å². The van der Waals surface area contributed by atoms with Crippen LogP contribution in [-0.4, -0.2) is 85.0 Å². The van der Waals surface area contributed by atoms with Gasteiger partial charge in [0.1, 0.15) is 31.5 Å². The molecule has 0 aromatic heterocycles. The van der Waals surface area contributed by atoms with Crippen LogP contribution >= 0.6 is 11.1 Å². The van der Waals surface area contributed by atoms with Gasteiger partial charge in [-0.25, -0.2) is 0 Å². The third kappa shape index (κ3) is 28.0. The molecule has 0 unspecified atom stereocenters. The summed E-state index contributed by atoms with van der Waals surface area (Å²) < 4.78 is 83.1. The van der Waals surface area contributed by atoms with E-state index >= 15 is 0 Å². The predicted molar refractivity (Wildman–Crippen MR) is 269 cm³/mol. The third-order valence-electron chi connectivity index (χ3n) is 8.96. The van der Waals surface area contributed by atoms with Crippen molar-refractivity contribution in [3.63, 3.8) is 0 Å². The van der Waals surface area contributed by atoms with Crippen molar-refractivity contribution in [1.82, 2.24) is 0 Å². The monoisotopic (exact) mass is 1010 g/mol. The van der Waals surface area contributed by atoms with E-state index in [0.717, 1.165) is 30.3 Å². The quantitative estimate of drug-likeness (QED) is 0.0535. The minimum atomic E-state index is -5.42. The van der Waals surface area contributed by atoms with E-state index in [1.165, 1.54) is 75.3 Å². The summed E-state index contributed by atoms with van der Waals surface area (Å²) in [6, 6.07) is 21.3.